The lowest BCUT2D eigenvalue weighted by Gasteiger charge is -2.11. The summed E-state index contributed by atoms with van der Waals surface area (Å²) in [5, 5.41) is 0. The topological polar surface area (TPSA) is 59.1 Å². The summed E-state index contributed by atoms with van der Waals surface area (Å²) in [6, 6.07) is 5.73. The molecule has 4 nitrogen and oxygen atoms in total. The van der Waals surface area contributed by atoms with Crippen molar-refractivity contribution in [2.75, 3.05) is 4.72 Å². The molecule has 1 heterocycles. The van der Waals surface area contributed by atoms with Crippen LogP contribution in [0.15, 0.2) is 46.0 Å². The number of halogens is 2. The molecule has 0 fully saturated rings. The normalized spacial score (nSPS) is 11.3. The summed E-state index contributed by atoms with van der Waals surface area (Å²) in [4.78, 5) is 3.74. The molecule has 7 heteroatoms. The van der Waals surface area contributed by atoms with Gasteiger partial charge >= 0.3 is 0 Å². The molecule has 0 aliphatic heterocycles. The van der Waals surface area contributed by atoms with E-state index in [9.17, 15) is 12.8 Å². The third-order valence-electron chi connectivity index (χ3n) is 2.45. The molecule has 2 rings (SSSR count). The molecule has 1 aromatic heterocycles. The van der Waals surface area contributed by atoms with Crippen LogP contribution in [0.25, 0.3) is 0 Å². The van der Waals surface area contributed by atoms with E-state index in [4.69, 9.17) is 0 Å². The average Bonchev–Trinajstić information content (AvgIpc) is 2.34. The van der Waals surface area contributed by atoms with Crippen LogP contribution in [0.1, 0.15) is 5.56 Å². The van der Waals surface area contributed by atoms with Gasteiger partial charge in [-0.1, -0.05) is 12.1 Å². The second kappa shape index (κ2) is 5.26. The van der Waals surface area contributed by atoms with Crippen molar-refractivity contribution in [2.45, 2.75) is 11.8 Å². The van der Waals surface area contributed by atoms with E-state index in [0.29, 0.717) is 10.0 Å². The van der Waals surface area contributed by atoms with Crippen molar-refractivity contribution in [3.63, 3.8) is 0 Å². The fourth-order valence-electron chi connectivity index (χ4n) is 1.49. The number of para-hydroxylation sites is 1. The Balaban J connectivity index is 2.42. The zero-order valence-corrected chi connectivity index (χ0v) is 12.3. The fourth-order valence-corrected chi connectivity index (χ4v) is 3.14. The number of aromatic nitrogens is 1. The Morgan fingerprint density at radius 3 is 2.68 bits per heavy atom. The monoisotopic (exact) mass is 344 g/mol. The van der Waals surface area contributed by atoms with Crippen molar-refractivity contribution >= 4 is 31.6 Å². The van der Waals surface area contributed by atoms with Gasteiger partial charge in [-0.15, -0.1) is 0 Å². The smallest absolute Gasteiger partial charge is 0.263 e. The first kappa shape index (κ1) is 14.0. The van der Waals surface area contributed by atoms with E-state index in [2.05, 4.69) is 25.6 Å². The zero-order chi connectivity index (χ0) is 14.0. The molecule has 0 bridgehead atoms. The van der Waals surface area contributed by atoms with Gasteiger partial charge in [0, 0.05) is 16.9 Å². The molecule has 0 radical (unpaired) electrons. The molecule has 0 aliphatic rings. The Morgan fingerprint density at radius 1 is 1.32 bits per heavy atom. The molecule has 100 valence electrons. The molecule has 0 unspecified atom stereocenters. The molecule has 0 saturated carbocycles. The molecule has 2 aromatic rings. The van der Waals surface area contributed by atoms with Gasteiger partial charge in [0.15, 0.2) is 0 Å². The largest absolute Gasteiger partial charge is 0.276 e. The Labute approximate surface area is 118 Å². The quantitative estimate of drug-likeness (QED) is 0.930. The zero-order valence-electron chi connectivity index (χ0n) is 9.89. The third kappa shape index (κ3) is 3.10. The van der Waals surface area contributed by atoms with Gasteiger partial charge in [0.2, 0.25) is 0 Å². The lowest BCUT2D eigenvalue weighted by atomic mass is 10.2. The standard InChI is InChI=1S/C12H10BrFN2O2S/c1-8-3-2-4-11(14)12(8)16-19(17,18)10-5-9(13)6-15-7-10/h2-7,16H,1H3. The highest BCUT2D eigenvalue weighted by atomic mass is 79.9. The van der Waals surface area contributed by atoms with E-state index in [1.54, 1.807) is 13.0 Å². The number of hydrogen-bond donors (Lipinski definition) is 1. The fraction of sp³-hybridized carbons (Fsp3) is 0.0833. The summed E-state index contributed by atoms with van der Waals surface area (Å²) in [7, 11) is -3.86. The predicted molar refractivity (Wildman–Crippen MR) is 73.9 cm³/mol. The molecule has 0 amide bonds. The first-order valence-electron chi connectivity index (χ1n) is 5.28. The van der Waals surface area contributed by atoms with Crippen molar-refractivity contribution < 1.29 is 12.8 Å². The molecular formula is C12H10BrFN2O2S. The van der Waals surface area contributed by atoms with Gasteiger partial charge < -0.3 is 0 Å². The van der Waals surface area contributed by atoms with Crippen LogP contribution in [0.3, 0.4) is 0 Å². The molecule has 0 saturated heterocycles. The van der Waals surface area contributed by atoms with Crippen molar-refractivity contribution in [3.8, 4) is 0 Å². The maximum Gasteiger partial charge on any atom is 0.263 e. The van der Waals surface area contributed by atoms with Gasteiger partial charge in [-0.25, -0.2) is 12.8 Å². The van der Waals surface area contributed by atoms with Crippen LogP contribution in [0.4, 0.5) is 10.1 Å². The number of nitrogens with one attached hydrogen (secondary N) is 1. The van der Waals surface area contributed by atoms with E-state index >= 15 is 0 Å². The number of pyridine rings is 1. The summed E-state index contributed by atoms with van der Waals surface area (Å²) in [5.74, 6) is -0.619. The highest BCUT2D eigenvalue weighted by Gasteiger charge is 2.18. The van der Waals surface area contributed by atoms with Crippen molar-refractivity contribution in [2.24, 2.45) is 0 Å². The minimum Gasteiger partial charge on any atom is -0.276 e. The summed E-state index contributed by atoms with van der Waals surface area (Å²) in [6.45, 7) is 1.63. The second-order valence-electron chi connectivity index (χ2n) is 3.88. The number of rotatable bonds is 3. The minimum absolute atomic E-state index is 0.0375. The lowest BCUT2D eigenvalue weighted by molar-refractivity contribution is 0.598. The molecule has 0 atom stereocenters. The summed E-state index contributed by atoms with van der Waals surface area (Å²) < 4.78 is 40.6. The van der Waals surface area contributed by atoms with E-state index in [0.717, 1.165) is 0 Å². The SMILES string of the molecule is Cc1cccc(F)c1NS(=O)(=O)c1cncc(Br)c1. The maximum atomic E-state index is 13.6. The molecular weight excluding hydrogens is 335 g/mol. The Morgan fingerprint density at radius 2 is 2.05 bits per heavy atom. The van der Waals surface area contributed by atoms with Gasteiger partial charge in [0.25, 0.3) is 10.0 Å². The number of sulfonamides is 1. The number of benzene rings is 1. The highest BCUT2D eigenvalue weighted by Crippen LogP contribution is 2.23. The van der Waals surface area contributed by atoms with Gasteiger partial charge in [-0.3, -0.25) is 9.71 Å². The van der Waals surface area contributed by atoms with Gasteiger partial charge in [-0.05, 0) is 40.5 Å². The molecule has 1 N–H and O–H groups in total. The first-order chi connectivity index (χ1) is 8.90. The first-order valence-corrected chi connectivity index (χ1v) is 7.56. The van der Waals surface area contributed by atoms with Gasteiger partial charge in [0.05, 0.1) is 5.69 Å². The van der Waals surface area contributed by atoms with Crippen LogP contribution >= 0.6 is 15.9 Å². The molecule has 1 aromatic carbocycles. The summed E-state index contributed by atoms with van der Waals surface area (Å²) in [6.07, 6.45) is 2.66. The Bertz CT molecular complexity index is 699. The van der Waals surface area contributed by atoms with Crippen LogP contribution < -0.4 is 4.72 Å². The van der Waals surface area contributed by atoms with E-state index < -0.39 is 15.8 Å². The van der Waals surface area contributed by atoms with Gasteiger partial charge in [-0.2, -0.15) is 0 Å². The second-order valence-corrected chi connectivity index (χ2v) is 6.47. The van der Waals surface area contributed by atoms with Crippen molar-refractivity contribution in [1.29, 1.82) is 0 Å². The van der Waals surface area contributed by atoms with Crippen molar-refractivity contribution in [3.05, 3.63) is 52.5 Å². The van der Waals surface area contributed by atoms with Crippen LogP contribution in [0.5, 0.6) is 0 Å². The maximum absolute atomic E-state index is 13.6. The van der Waals surface area contributed by atoms with Gasteiger partial charge in [0.1, 0.15) is 10.7 Å². The number of nitrogens with zero attached hydrogens (tertiary/aromatic N) is 1. The highest BCUT2D eigenvalue weighted by molar-refractivity contribution is 9.10. The molecule has 0 spiro atoms. The summed E-state index contributed by atoms with van der Waals surface area (Å²) >= 11 is 3.14. The number of aryl methyl sites for hydroxylation is 1. The van der Waals surface area contributed by atoms with E-state index in [1.165, 1.54) is 30.6 Å². The molecule has 19 heavy (non-hydrogen) atoms. The van der Waals surface area contributed by atoms with E-state index in [-0.39, 0.29) is 10.6 Å². The predicted octanol–water partition coefficient (Wildman–Crippen LogP) is 3.09. The van der Waals surface area contributed by atoms with Crippen molar-refractivity contribution in [1.82, 2.24) is 4.98 Å². The Kier molecular flexibility index (Phi) is 3.86. The van der Waals surface area contributed by atoms with Crippen LogP contribution in [-0.4, -0.2) is 13.4 Å². The number of anilines is 1. The van der Waals surface area contributed by atoms with Crippen LogP contribution in [0.2, 0.25) is 0 Å². The average molecular weight is 345 g/mol. The van der Waals surface area contributed by atoms with E-state index in [1.807, 2.05) is 0 Å². The summed E-state index contributed by atoms with van der Waals surface area (Å²) in [5.41, 5.74) is 0.453. The Hall–Kier alpha value is -1.47. The lowest BCUT2D eigenvalue weighted by Crippen LogP contribution is -2.15. The minimum atomic E-state index is -3.86. The van der Waals surface area contributed by atoms with Crippen LogP contribution in [0, 0.1) is 12.7 Å². The number of hydrogen-bond acceptors (Lipinski definition) is 3. The molecule has 0 aliphatic carbocycles. The third-order valence-corrected chi connectivity index (χ3v) is 4.20. The van der Waals surface area contributed by atoms with Crippen LogP contribution in [-0.2, 0) is 10.0 Å².